The second-order valence-electron chi connectivity index (χ2n) is 5.63. The van der Waals surface area contributed by atoms with E-state index in [0.29, 0.717) is 22.9 Å². The third kappa shape index (κ3) is 5.13. The Morgan fingerprint density at radius 3 is 2.55 bits per heavy atom. The Morgan fingerprint density at radius 2 is 2.05 bits per heavy atom. The lowest BCUT2D eigenvalue weighted by Gasteiger charge is -2.23. The number of amides is 1. The number of halogens is 1. The molecule has 0 saturated heterocycles. The number of carbonyl (C=O) groups excluding carboxylic acids is 1. The molecule has 0 aliphatic heterocycles. The largest absolute Gasteiger partial charge is 0.481 e. The van der Waals surface area contributed by atoms with E-state index >= 15 is 0 Å². The van der Waals surface area contributed by atoms with E-state index in [9.17, 15) is 9.59 Å². The van der Waals surface area contributed by atoms with E-state index in [1.165, 1.54) is 11.3 Å². The summed E-state index contributed by atoms with van der Waals surface area (Å²) in [6.07, 6.45) is 1.47. The van der Waals surface area contributed by atoms with Crippen LogP contribution < -0.4 is 5.32 Å². The van der Waals surface area contributed by atoms with E-state index in [2.05, 4.69) is 5.32 Å². The second-order valence-corrected chi connectivity index (χ2v) is 6.88. The predicted molar refractivity (Wildman–Crippen MR) is 81.7 cm³/mol. The Bertz CT molecular complexity index is 497. The van der Waals surface area contributed by atoms with Crippen LogP contribution in [0.5, 0.6) is 0 Å². The van der Waals surface area contributed by atoms with Crippen LogP contribution in [0.3, 0.4) is 0 Å². The van der Waals surface area contributed by atoms with E-state index in [4.69, 9.17) is 16.7 Å². The van der Waals surface area contributed by atoms with Crippen molar-refractivity contribution in [3.63, 3.8) is 0 Å². The van der Waals surface area contributed by atoms with Crippen LogP contribution in [-0.4, -0.2) is 23.5 Å². The molecule has 0 aliphatic rings. The smallest absolute Gasteiger partial charge is 0.303 e. The molecule has 0 spiro atoms. The van der Waals surface area contributed by atoms with Crippen molar-refractivity contribution in [2.24, 2.45) is 5.41 Å². The molecule has 2 N–H and O–H groups in total. The maximum Gasteiger partial charge on any atom is 0.303 e. The molecule has 0 aromatic carbocycles. The van der Waals surface area contributed by atoms with Crippen LogP contribution in [0, 0.1) is 12.3 Å². The lowest BCUT2D eigenvalue weighted by molar-refractivity contribution is -0.137. The van der Waals surface area contributed by atoms with Crippen LogP contribution in [0.15, 0.2) is 5.38 Å². The maximum absolute atomic E-state index is 12.0. The molecule has 1 amide bonds. The van der Waals surface area contributed by atoms with Crippen molar-refractivity contribution in [2.75, 3.05) is 6.54 Å². The second kappa shape index (κ2) is 7.09. The van der Waals surface area contributed by atoms with Gasteiger partial charge in [0.15, 0.2) is 0 Å². The van der Waals surface area contributed by atoms with Crippen molar-refractivity contribution >= 4 is 34.8 Å². The van der Waals surface area contributed by atoms with Crippen molar-refractivity contribution in [1.82, 2.24) is 5.32 Å². The Balaban J connectivity index is 2.42. The molecule has 1 aromatic rings. The first-order valence-electron chi connectivity index (χ1n) is 6.46. The summed E-state index contributed by atoms with van der Waals surface area (Å²) in [5.41, 5.74) is 0.796. The summed E-state index contributed by atoms with van der Waals surface area (Å²) >= 11 is 7.38. The van der Waals surface area contributed by atoms with Gasteiger partial charge in [0.05, 0.1) is 5.02 Å². The highest BCUT2D eigenvalue weighted by molar-refractivity contribution is 7.13. The molecule has 4 nitrogen and oxygen atoms in total. The molecule has 1 rings (SSSR count). The number of hydrogen-bond acceptors (Lipinski definition) is 3. The molecule has 112 valence electrons. The normalized spacial score (nSPS) is 11.4. The average Bonchev–Trinajstić information content (AvgIpc) is 2.67. The van der Waals surface area contributed by atoms with E-state index in [-0.39, 0.29) is 17.7 Å². The van der Waals surface area contributed by atoms with Gasteiger partial charge in [-0.1, -0.05) is 25.4 Å². The van der Waals surface area contributed by atoms with Crippen molar-refractivity contribution < 1.29 is 14.7 Å². The topological polar surface area (TPSA) is 66.4 Å². The zero-order valence-electron chi connectivity index (χ0n) is 12.0. The average molecular weight is 318 g/mol. The summed E-state index contributed by atoms with van der Waals surface area (Å²) in [6.45, 7) is 6.39. The van der Waals surface area contributed by atoms with Gasteiger partial charge in [-0.25, -0.2) is 0 Å². The number of carboxylic acids is 1. The van der Waals surface area contributed by atoms with Crippen LogP contribution in [0.4, 0.5) is 0 Å². The minimum atomic E-state index is -0.789. The van der Waals surface area contributed by atoms with Gasteiger partial charge in [-0.15, -0.1) is 11.3 Å². The van der Waals surface area contributed by atoms with Crippen molar-refractivity contribution in [2.45, 2.75) is 40.0 Å². The highest BCUT2D eigenvalue weighted by Crippen LogP contribution is 2.28. The van der Waals surface area contributed by atoms with Gasteiger partial charge in [0.25, 0.3) is 5.91 Å². The number of carbonyl (C=O) groups is 2. The SMILES string of the molecule is Cc1csc(C(=O)NCCC(C)(C)CCC(=O)O)c1Cl. The standard InChI is InChI=1S/C14H20ClNO3S/c1-9-8-20-12(11(9)15)13(19)16-7-6-14(2,3)5-4-10(17)18/h8H,4-7H2,1-3H3,(H,16,19)(H,17,18). The maximum atomic E-state index is 12.0. The summed E-state index contributed by atoms with van der Waals surface area (Å²) < 4.78 is 0. The monoisotopic (exact) mass is 317 g/mol. The summed E-state index contributed by atoms with van der Waals surface area (Å²) in [7, 11) is 0. The minimum absolute atomic E-state index is 0.110. The Labute approximate surface area is 128 Å². The van der Waals surface area contributed by atoms with Crippen LogP contribution >= 0.6 is 22.9 Å². The molecule has 0 aliphatic carbocycles. The van der Waals surface area contributed by atoms with Gasteiger partial charge in [-0.2, -0.15) is 0 Å². The molecule has 0 fully saturated rings. The lowest BCUT2D eigenvalue weighted by atomic mass is 9.84. The quantitative estimate of drug-likeness (QED) is 0.805. The van der Waals surface area contributed by atoms with Gasteiger partial charge >= 0.3 is 5.97 Å². The first-order valence-corrected chi connectivity index (χ1v) is 7.72. The molecule has 1 aromatic heterocycles. The number of aliphatic carboxylic acids is 1. The molecule has 0 unspecified atom stereocenters. The van der Waals surface area contributed by atoms with Crippen LogP contribution in [-0.2, 0) is 4.79 Å². The third-order valence-corrected chi connectivity index (χ3v) is 4.90. The van der Waals surface area contributed by atoms with Gasteiger partial charge in [-0.05, 0) is 36.1 Å². The van der Waals surface area contributed by atoms with Crippen molar-refractivity contribution in [3.05, 3.63) is 20.8 Å². The summed E-state index contributed by atoms with van der Waals surface area (Å²) in [5.74, 6) is -0.954. The zero-order chi connectivity index (χ0) is 15.3. The number of rotatable bonds is 7. The lowest BCUT2D eigenvalue weighted by Crippen LogP contribution is -2.28. The molecular weight excluding hydrogens is 298 g/mol. The summed E-state index contributed by atoms with van der Waals surface area (Å²) in [6, 6.07) is 0. The number of carboxylic acid groups (broad SMARTS) is 1. The fourth-order valence-corrected chi connectivity index (χ4v) is 2.94. The Kier molecular flexibility index (Phi) is 6.02. The predicted octanol–water partition coefficient (Wildman–Crippen LogP) is 3.72. The molecule has 0 saturated carbocycles. The van der Waals surface area contributed by atoms with E-state index < -0.39 is 5.97 Å². The molecule has 20 heavy (non-hydrogen) atoms. The number of aryl methyl sites for hydroxylation is 1. The van der Waals surface area contributed by atoms with Crippen LogP contribution in [0.25, 0.3) is 0 Å². The summed E-state index contributed by atoms with van der Waals surface area (Å²) in [5, 5.41) is 13.9. The third-order valence-electron chi connectivity index (χ3n) is 3.21. The minimum Gasteiger partial charge on any atom is -0.481 e. The van der Waals surface area contributed by atoms with Crippen LogP contribution in [0.2, 0.25) is 5.02 Å². The van der Waals surface area contributed by atoms with Gasteiger partial charge in [0.2, 0.25) is 0 Å². The molecular formula is C14H20ClNO3S. The first kappa shape index (κ1) is 17.0. The van der Waals surface area contributed by atoms with Gasteiger partial charge in [0.1, 0.15) is 4.88 Å². The van der Waals surface area contributed by atoms with Gasteiger partial charge < -0.3 is 10.4 Å². The Morgan fingerprint density at radius 1 is 1.40 bits per heavy atom. The number of hydrogen-bond donors (Lipinski definition) is 2. The highest BCUT2D eigenvalue weighted by Gasteiger charge is 2.20. The zero-order valence-corrected chi connectivity index (χ0v) is 13.5. The Hall–Kier alpha value is -1.07. The number of thiophene rings is 1. The van der Waals surface area contributed by atoms with E-state index in [0.717, 1.165) is 12.0 Å². The first-order chi connectivity index (χ1) is 9.23. The van der Waals surface area contributed by atoms with Crippen molar-refractivity contribution in [1.29, 1.82) is 0 Å². The highest BCUT2D eigenvalue weighted by atomic mass is 35.5. The molecule has 1 heterocycles. The van der Waals surface area contributed by atoms with Gasteiger partial charge in [-0.3, -0.25) is 9.59 Å². The van der Waals surface area contributed by atoms with Gasteiger partial charge in [0, 0.05) is 13.0 Å². The number of nitrogens with one attached hydrogen (secondary N) is 1. The molecule has 6 heteroatoms. The molecule has 0 bridgehead atoms. The molecule has 0 atom stereocenters. The van der Waals surface area contributed by atoms with E-state index in [1.807, 2.05) is 26.2 Å². The summed E-state index contributed by atoms with van der Waals surface area (Å²) in [4.78, 5) is 23.1. The fraction of sp³-hybridized carbons (Fsp3) is 0.571. The van der Waals surface area contributed by atoms with Crippen molar-refractivity contribution in [3.8, 4) is 0 Å². The van der Waals surface area contributed by atoms with E-state index in [1.54, 1.807) is 0 Å². The fourth-order valence-electron chi connectivity index (χ4n) is 1.75. The van der Waals surface area contributed by atoms with Crippen LogP contribution in [0.1, 0.15) is 48.3 Å². The molecule has 0 radical (unpaired) electrons.